The van der Waals surface area contributed by atoms with E-state index in [1.54, 1.807) is 53.2 Å². The van der Waals surface area contributed by atoms with Crippen LogP contribution in [0.15, 0.2) is 60.7 Å². The van der Waals surface area contributed by atoms with Gasteiger partial charge >= 0.3 is 5.97 Å². The van der Waals surface area contributed by atoms with Crippen molar-refractivity contribution in [2.75, 3.05) is 13.7 Å². The molecular weight excluding hydrogens is 429 g/mol. The van der Waals surface area contributed by atoms with Crippen molar-refractivity contribution < 1.29 is 19.0 Å². The highest BCUT2D eigenvalue weighted by molar-refractivity contribution is 6.35. The normalized spacial score (nSPS) is 10.8. The van der Waals surface area contributed by atoms with Gasteiger partial charge in [-0.15, -0.1) is 5.10 Å². The molecule has 0 N–H and O–H groups in total. The molecule has 0 spiro atoms. The number of hydrogen-bond donors (Lipinski definition) is 0. The Balaban J connectivity index is 1.69. The monoisotopic (exact) mass is 443 g/mol. The first kappa shape index (κ1) is 20.0. The molecule has 3 aromatic carbocycles. The van der Waals surface area contributed by atoms with E-state index in [-0.39, 0.29) is 6.61 Å². The van der Waals surface area contributed by atoms with Crippen LogP contribution in [0.5, 0.6) is 17.2 Å². The average Bonchev–Trinajstić information content (AvgIpc) is 3.17. The van der Waals surface area contributed by atoms with Crippen LogP contribution in [-0.4, -0.2) is 34.7 Å². The number of carbonyl (C=O) groups is 1. The molecule has 4 aromatic rings. The van der Waals surface area contributed by atoms with E-state index in [4.69, 9.17) is 32.7 Å². The van der Waals surface area contributed by atoms with Crippen molar-refractivity contribution in [3.63, 3.8) is 0 Å². The fraction of sp³-hybridized carbons (Fsp3) is 0.0952. The summed E-state index contributed by atoms with van der Waals surface area (Å²) in [5, 5.41) is 9.33. The number of rotatable bonds is 6. The molecule has 1 heterocycles. The topological polar surface area (TPSA) is 75.5 Å². The predicted molar refractivity (Wildman–Crippen MR) is 113 cm³/mol. The molecule has 4 rings (SSSR count). The number of halogens is 2. The number of para-hydroxylation sites is 2. The zero-order valence-corrected chi connectivity index (χ0v) is 17.2. The second kappa shape index (κ2) is 8.61. The Bertz CT molecular complexity index is 1230. The first-order valence-electron chi connectivity index (χ1n) is 8.82. The van der Waals surface area contributed by atoms with Crippen LogP contribution < -0.4 is 9.47 Å². The van der Waals surface area contributed by atoms with Crippen LogP contribution in [-0.2, 0) is 9.53 Å². The number of esters is 1. The second-order valence-corrected chi connectivity index (χ2v) is 7.00. The molecule has 0 aliphatic carbocycles. The maximum absolute atomic E-state index is 11.4. The van der Waals surface area contributed by atoms with Crippen LogP contribution in [0.2, 0.25) is 10.0 Å². The summed E-state index contributed by atoms with van der Waals surface area (Å²) in [4.78, 5) is 11.4. The van der Waals surface area contributed by atoms with Crippen molar-refractivity contribution >= 4 is 40.2 Å². The lowest BCUT2D eigenvalue weighted by molar-refractivity contribution is -0.142. The number of hydrogen-bond acceptors (Lipinski definition) is 6. The first-order chi connectivity index (χ1) is 14.5. The Morgan fingerprint density at radius 3 is 2.67 bits per heavy atom. The number of ether oxygens (including phenoxy) is 3. The van der Waals surface area contributed by atoms with E-state index in [0.717, 1.165) is 0 Å². The highest BCUT2D eigenvalue weighted by atomic mass is 35.5. The predicted octanol–water partition coefficient (Wildman–Crippen LogP) is 5.07. The molecule has 9 heteroatoms. The third-order valence-corrected chi connectivity index (χ3v) is 4.74. The van der Waals surface area contributed by atoms with Gasteiger partial charge in [0, 0.05) is 11.1 Å². The van der Waals surface area contributed by atoms with E-state index in [9.17, 15) is 4.79 Å². The van der Waals surface area contributed by atoms with E-state index < -0.39 is 5.97 Å². The molecule has 0 fully saturated rings. The van der Waals surface area contributed by atoms with Crippen molar-refractivity contribution in [1.82, 2.24) is 15.0 Å². The number of benzene rings is 3. The quantitative estimate of drug-likeness (QED) is 0.387. The molecule has 1 aromatic heterocycles. The van der Waals surface area contributed by atoms with Crippen LogP contribution in [0, 0.1) is 0 Å². The molecular formula is C21H15Cl2N3O4. The summed E-state index contributed by atoms with van der Waals surface area (Å²) in [7, 11) is 1.30. The van der Waals surface area contributed by atoms with Gasteiger partial charge in [-0.1, -0.05) is 40.5 Å². The van der Waals surface area contributed by atoms with E-state index >= 15 is 0 Å². The Kier molecular flexibility index (Phi) is 5.74. The minimum atomic E-state index is -0.483. The van der Waals surface area contributed by atoms with Gasteiger partial charge < -0.3 is 14.2 Å². The van der Waals surface area contributed by atoms with Crippen molar-refractivity contribution in [1.29, 1.82) is 0 Å². The van der Waals surface area contributed by atoms with Crippen molar-refractivity contribution in [3.05, 3.63) is 70.7 Å². The Morgan fingerprint density at radius 2 is 1.87 bits per heavy atom. The van der Waals surface area contributed by atoms with Gasteiger partial charge in [-0.05, 0) is 42.5 Å². The molecule has 0 saturated carbocycles. The standard InChI is InChI=1S/C21H15Cl2N3O4/c1-28-21(27)12-29-20-5-3-2-4-17(20)26-18-11-14(7-8-16(18)24-25-26)30-19-9-6-13(22)10-15(19)23/h2-11H,12H2,1H3. The van der Waals surface area contributed by atoms with Crippen molar-refractivity contribution in [2.45, 2.75) is 0 Å². The third kappa shape index (κ3) is 4.17. The molecule has 0 aliphatic rings. The fourth-order valence-electron chi connectivity index (χ4n) is 2.77. The Labute approximate surface area is 181 Å². The van der Waals surface area contributed by atoms with Gasteiger partial charge in [0.1, 0.15) is 28.5 Å². The molecule has 0 unspecified atom stereocenters. The van der Waals surface area contributed by atoms with Crippen LogP contribution in [0.4, 0.5) is 0 Å². The highest BCUT2D eigenvalue weighted by Gasteiger charge is 2.14. The lowest BCUT2D eigenvalue weighted by Crippen LogP contribution is -2.13. The largest absolute Gasteiger partial charge is 0.480 e. The van der Waals surface area contributed by atoms with Gasteiger partial charge in [0.05, 0.1) is 17.6 Å². The minimum absolute atomic E-state index is 0.219. The number of fused-ring (bicyclic) bond motifs is 1. The molecule has 152 valence electrons. The fourth-order valence-corrected chi connectivity index (χ4v) is 3.22. The number of methoxy groups -OCH3 is 1. The molecule has 30 heavy (non-hydrogen) atoms. The van der Waals surface area contributed by atoms with E-state index in [0.29, 0.717) is 44.0 Å². The highest BCUT2D eigenvalue weighted by Crippen LogP contribution is 2.33. The van der Waals surface area contributed by atoms with Crippen LogP contribution in [0.1, 0.15) is 0 Å². The maximum Gasteiger partial charge on any atom is 0.343 e. The van der Waals surface area contributed by atoms with Gasteiger partial charge in [0.15, 0.2) is 6.61 Å². The summed E-state index contributed by atoms with van der Waals surface area (Å²) in [6.07, 6.45) is 0. The Morgan fingerprint density at radius 1 is 1.03 bits per heavy atom. The van der Waals surface area contributed by atoms with E-state index in [1.807, 2.05) is 12.1 Å². The molecule has 0 bridgehead atoms. The van der Waals surface area contributed by atoms with Crippen molar-refractivity contribution in [2.24, 2.45) is 0 Å². The van der Waals surface area contributed by atoms with Crippen LogP contribution in [0.25, 0.3) is 16.7 Å². The van der Waals surface area contributed by atoms with E-state index in [2.05, 4.69) is 15.0 Å². The molecule has 0 aliphatic heterocycles. The average molecular weight is 444 g/mol. The van der Waals surface area contributed by atoms with Gasteiger partial charge in [-0.25, -0.2) is 9.48 Å². The second-order valence-electron chi connectivity index (χ2n) is 6.16. The molecule has 0 radical (unpaired) electrons. The third-order valence-electron chi connectivity index (χ3n) is 4.21. The molecule has 0 amide bonds. The van der Waals surface area contributed by atoms with Crippen LogP contribution in [0.3, 0.4) is 0 Å². The lowest BCUT2D eigenvalue weighted by atomic mass is 10.2. The van der Waals surface area contributed by atoms with Gasteiger partial charge in [0.2, 0.25) is 0 Å². The number of carbonyl (C=O) groups excluding carboxylic acids is 1. The first-order valence-corrected chi connectivity index (χ1v) is 9.58. The van der Waals surface area contributed by atoms with Crippen LogP contribution >= 0.6 is 23.2 Å². The molecule has 0 saturated heterocycles. The summed E-state index contributed by atoms with van der Waals surface area (Å²) in [6, 6.07) is 17.5. The summed E-state index contributed by atoms with van der Waals surface area (Å²) in [5.41, 5.74) is 1.96. The minimum Gasteiger partial charge on any atom is -0.480 e. The lowest BCUT2D eigenvalue weighted by Gasteiger charge is -2.11. The summed E-state index contributed by atoms with van der Waals surface area (Å²) < 4.78 is 17.7. The van der Waals surface area contributed by atoms with Crippen molar-refractivity contribution in [3.8, 4) is 22.9 Å². The zero-order valence-electron chi connectivity index (χ0n) is 15.7. The van der Waals surface area contributed by atoms with Gasteiger partial charge in [-0.2, -0.15) is 0 Å². The van der Waals surface area contributed by atoms with Gasteiger partial charge in [-0.3, -0.25) is 0 Å². The molecule has 7 nitrogen and oxygen atoms in total. The zero-order chi connectivity index (χ0) is 21.1. The Hall–Kier alpha value is -3.29. The number of aromatic nitrogens is 3. The van der Waals surface area contributed by atoms with Gasteiger partial charge in [0.25, 0.3) is 0 Å². The SMILES string of the molecule is COC(=O)COc1ccccc1-n1nnc2ccc(Oc3ccc(Cl)cc3Cl)cc21. The summed E-state index contributed by atoms with van der Waals surface area (Å²) >= 11 is 12.1. The number of nitrogens with zero attached hydrogens (tertiary/aromatic N) is 3. The maximum atomic E-state index is 11.4. The molecule has 0 atom stereocenters. The smallest absolute Gasteiger partial charge is 0.343 e. The summed E-state index contributed by atoms with van der Waals surface area (Å²) in [6.45, 7) is -0.219. The van der Waals surface area contributed by atoms with E-state index in [1.165, 1.54) is 7.11 Å². The summed E-state index contributed by atoms with van der Waals surface area (Å²) in [5.74, 6) is 0.995.